The van der Waals surface area contributed by atoms with E-state index < -0.39 is 23.5 Å². The second kappa shape index (κ2) is 9.05. The van der Waals surface area contributed by atoms with E-state index in [2.05, 4.69) is 29.3 Å². The highest BCUT2D eigenvalue weighted by Gasteiger charge is 2.44. The number of carbonyl (C=O) groups is 2. The molecule has 0 bridgehead atoms. The zero-order valence-corrected chi connectivity index (χ0v) is 19.3. The molecule has 2 aromatic rings. The molecule has 1 aliphatic carbocycles. The molecule has 0 spiro atoms. The van der Waals surface area contributed by atoms with Crippen molar-refractivity contribution in [3.8, 4) is 23.0 Å². The maximum absolute atomic E-state index is 12.7. The van der Waals surface area contributed by atoms with Gasteiger partial charge in [-0.05, 0) is 36.1 Å². The Kier molecular flexibility index (Phi) is 6.61. The Balaban J connectivity index is 1.77. The number of alkyl carbamates (subject to hydrolysis) is 1. The Morgan fingerprint density at radius 1 is 1.09 bits per heavy atom. The third kappa shape index (κ3) is 4.95. The van der Waals surface area contributed by atoms with Crippen molar-refractivity contribution < 1.29 is 23.9 Å². The van der Waals surface area contributed by atoms with Crippen LogP contribution in [-0.2, 0) is 9.53 Å². The molecule has 0 heterocycles. The van der Waals surface area contributed by atoms with Gasteiger partial charge in [-0.15, -0.1) is 5.92 Å². The molecule has 168 valence electrons. The molecule has 6 nitrogen and oxygen atoms in total. The zero-order valence-electron chi connectivity index (χ0n) is 19.3. The average Bonchev–Trinajstić information content (AvgIpc) is 3.03. The van der Waals surface area contributed by atoms with E-state index >= 15 is 0 Å². The number of hydrogen-bond acceptors (Lipinski definition) is 3. The average molecular weight is 436 g/mol. The van der Waals surface area contributed by atoms with Crippen molar-refractivity contribution in [3.63, 3.8) is 0 Å². The molecule has 0 unspecified atom stereocenters. The summed E-state index contributed by atoms with van der Waals surface area (Å²) in [4.78, 5) is 24.8. The highest BCUT2D eigenvalue weighted by molar-refractivity contribution is 5.82. The summed E-state index contributed by atoms with van der Waals surface area (Å²) in [6, 6.07) is 14.9. The summed E-state index contributed by atoms with van der Waals surface area (Å²) in [5, 5.41) is 12.4. The van der Waals surface area contributed by atoms with Gasteiger partial charge in [0.2, 0.25) is 0 Å². The van der Waals surface area contributed by atoms with Crippen molar-refractivity contribution in [2.24, 2.45) is 5.41 Å². The van der Waals surface area contributed by atoms with Gasteiger partial charge in [0.1, 0.15) is 12.0 Å². The van der Waals surface area contributed by atoms with Crippen LogP contribution in [-0.4, -0.2) is 62.0 Å². The molecule has 0 saturated carbocycles. The Morgan fingerprint density at radius 3 is 2.09 bits per heavy atom. The van der Waals surface area contributed by atoms with Crippen LogP contribution < -0.4 is 5.32 Å². The molecule has 2 atom stereocenters. The first kappa shape index (κ1) is 23.4. The van der Waals surface area contributed by atoms with Crippen LogP contribution in [0.2, 0.25) is 0 Å². The number of fused-ring (bicyclic) bond motifs is 3. The van der Waals surface area contributed by atoms with Gasteiger partial charge < -0.3 is 19.6 Å². The summed E-state index contributed by atoms with van der Waals surface area (Å²) < 4.78 is 6.06. The number of quaternary nitrogens is 1. The van der Waals surface area contributed by atoms with Crippen LogP contribution in [0.5, 0.6) is 0 Å². The highest BCUT2D eigenvalue weighted by atomic mass is 16.5. The van der Waals surface area contributed by atoms with Crippen molar-refractivity contribution in [1.82, 2.24) is 5.32 Å². The van der Waals surface area contributed by atoms with Crippen molar-refractivity contribution in [2.75, 3.05) is 34.3 Å². The number of amides is 1. The lowest BCUT2D eigenvalue weighted by molar-refractivity contribution is -0.876. The molecular formula is C26H31N2O4+. The van der Waals surface area contributed by atoms with Crippen LogP contribution in [0.25, 0.3) is 11.1 Å². The quantitative estimate of drug-likeness (QED) is 0.514. The third-order valence-electron chi connectivity index (χ3n) is 5.70. The van der Waals surface area contributed by atoms with Crippen LogP contribution in [0.3, 0.4) is 0 Å². The van der Waals surface area contributed by atoms with E-state index in [1.807, 2.05) is 57.5 Å². The first-order valence-electron chi connectivity index (χ1n) is 10.6. The van der Waals surface area contributed by atoms with E-state index in [1.165, 1.54) is 0 Å². The van der Waals surface area contributed by atoms with Gasteiger partial charge in [0.15, 0.2) is 6.04 Å². The van der Waals surface area contributed by atoms with Crippen molar-refractivity contribution >= 4 is 12.1 Å². The smallest absolute Gasteiger partial charge is 0.407 e. The lowest BCUT2D eigenvalue weighted by Gasteiger charge is -2.37. The van der Waals surface area contributed by atoms with Crippen LogP contribution >= 0.6 is 0 Å². The van der Waals surface area contributed by atoms with Gasteiger partial charge in [-0.1, -0.05) is 54.5 Å². The fraction of sp³-hybridized carbons (Fsp3) is 0.385. The van der Waals surface area contributed by atoms with Crippen LogP contribution in [0.1, 0.15) is 30.9 Å². The fourth-order valence-electron chi connectivity index (χ4n) is 4.73. The van der Waals surface area contributed by atoms with Gasteiger partial charge in [0.25, 0.3) is 0 Å². The Bertz CT molecular complexity index is 1030. The van der Waals surface area contributed by atoms with Gasteiger partial charge in [-0.3, -0.25) is 0 Å². The standard InChI is InChI=1S/C26H30N2O4/c1-6-15-26(2,17-28(3,4)5)23(24(29)30)27-25(31)32-16-22-20-13-9-7-11-18(20)19-12-8-10-14-21(19)22/h7-14,22-23H,16-17H2,1-5H3,(H-,27,29,30,31)/p+1/t23-,26+/m1/s1. The summed E-state index contributed by atoms with van der Waals surface area (Å²) in [5.74, 6) is 4.60. The topological polar surface area (TPSA) is 75.6 Å². The molecule has 6 heteroatoms. The molecule has 0 fully saturated rings. The SMILES string of the molecule is CC#C[C@@](C)(C[N+](C)(C)C)[C@H](NC(=O)OCC1c2ccccc2-c2ccccc21)C(=O)O. The second-order valence-electron chi connectivity index (χ2n) is 9.48. The molecule has 0 saturated heterocycles. The minimum absolute atomic E-state index is 0.0931. The number of carbonyl (C=O) groups excluding carboxylic acids is 1. The van der Waals surface area contributed by atoms with Crippen LogP contribution in [0.4, 0.5) is 4.79 Å². The number of carboxylic acid groups (broad SMARTS) is 1. The summed E-state index contributed by atoms with van der Waals surface area (Å²) in [6.07, 6.45) is -0.759. The van der Waals surface area contributed by atoms with E-state index in [4.69, 9.17) is 4.74 Å². The Hall–Kier alpha value is -3.30. The molecule has 32 heavy (non-hydrogen) atoms. The summed E-state index contributed by atoms with van der Waals surface area (Å²) >= 11 is 0. The second-order valence-corrected chi connectivity index (χ2v) is 9.48. The predicted octanol–water partition coefficient (Wildman–Crippen LogP) is 3.71. The van der Waals surface area contributed by atoms with Crippen LogP contribution in [0.15, 0.2) is 48.5 Å². The Morgan fingerprint density at radius 2 is 1.62 bits per heavy atom. The number of hydrogen-bond donors (Lipinski definition) is 2. The van der Waals surface area contributed by atoms with Crippen LogP contribution in [0, 0.1) is 17.3 Å². The van der Waals surface area contributed by atoms with Gasteiger partial charge >= 0.3 is 12.1 Å². The molecule has 0 aliphatic heterocycles. The fourth-order valence-corrected chi connectivity index (χ4v) is 4.73. The normalized spacial score (nSPS) is 15.4. The lowest BCUT2D eigenvalue weighted by Crippen LogP contribution is -2.57. The number of nitrogens with zero attached hydrogens (tertiary/aromatic N) is 1. The first-order valence-corrected chi connectivity index (χ1v) is 10.6. The molecule has 3 rings (SSSR count). The largest absolute Gasteiger partial charge is 0.480 e. The molecule has 1 amide bonds. The number of benzene rings is 2. The molecule has 0 radical (unpaired) electrons. The zero-order chi connectivity index (χ0) is 23.5. The number of carboxylic acids is 1. The highest BCUT2D eigenvalue weighted by Crippen LogP contribution is 2.44. The van der Waals surface area contributed by atoms with E-state index in [0.717, 1.165) is 22.3 Å². The maximum atomic E-state index is 12.7. The monoisotopic (exact) mass is 435 g/mol. The maximum Gasteiger partial charge on any atom is 0.407 e. The van der Waals surface area contributed by atoms with Crippen molar-refractivity contribution in [2.45, 2.75) is 25.8 Å². The van der Waals surface area contributed by atoms with E-state index in [1.54, 1.807) is 13.8 Å². The summed E-state index contributed by atoms with van der Waals surface area (Å²) in [6.45, 7) is 3.99. The summed E-state index contributed by atoms with van der Waals surface area (Å²) in [7, 11) is 5.88. The minimum atomic E-state index is -1.21. The number of nitrogens with one attached hydrogen (secondary N) is 1. The third-order valence-corrected chi connectivity index (χ3v) is 5.70. The summed E-state index contributed by atoms with van der Waals surface area (Å²) in [5.41, 5.74) is 3.50. The number of rotatable bonds is 7. The van der Waals surface area contributed by atoms with Gasteiger partial charge in [-0.2, -0.15) is 0 Å². The molecule has 1 aliphatic rings. The molecule has 2 aromatic carbocycles. The molecule has 0 aromatic heterocycles. The Labute approximate surface area is 189 Å². The van der Waals surface area contributed by atoms with Gasteiger partial charge in [-0.25, -0.2) is 9.59 Å². The van der Waals surface area contributed by atoms with Gasteiger partial charge in [0, 0.05) is 5.92 Å². The lowest BCUT2D eigenvalue weighted by atomic mass is 9.81. The minimum Gasteiger partial charge on any atom is -0.480 e. The molecular weight excluding hydrogens is 404 g/mol. The van der Waals surface area contributed by atoms with E-state index in [0.29, 0.717) is 11.0 Å². The first-order chi connectivity index (χ1) is 15.1. The predicted molar refractivity (Wildman–Crippen MR) is 124 cm³/mol. The number of aliphatic carboxylic acids is 1. The molecule has 2 N–H and O–H groups in total. The number of ether oxygens (including phenoxy) is 1. The van der Waals surface area contributed by atoms with Crippen molar-refractivity contribution in [3.05, 3.63) is 59.7 Å². The van der Waals surface area contributed by atoms with E-state index in [-0.39, 0.29) is 12.5 Å². The van der Waals surface area contributed by atoms with Crippen molar-refractivity contribution in [1.29, 1.82) is 0 Å². The van der Waals surface area contributed by atoms with E-state index in [9.17, 15) is 14.7 Å². The van der Waals surface area contributed by atoms with Gasteiger partial charge in [0.05, 0.1) is 27.7 Å².